The fraction of sp³-hybridized carbons (Fsp3) is 0.222. The molecule has 0 aliphatic carbocycles. The quantitative estimate of drug-likeness (QED) is 0.517. The minimum Gasteiger partial charge on any atom is -0.472 e. The third-order valence-corrected chi connectivity index (χ3v) is 1.57. The number of nitrogens with one attached hydrogen (secondary N) is 2. The molecule has 0 radical (unpaired) electrons. The van der Waals surface area contributed by atoms with Crippen LogP contribution in [0.3, 0.4) is 0 Å². The van der Waals surface area contributed by atoms with Gasteiger partial charge in [0.05, 0.1) is 18.6 Å². The van der Waals surface area contributed by atoms with Crippen molar-refractivity contribution in [2.24, 2.45) is 0 Å². The lowest BCUT2D eigenvalue weighted by Crippen LogP contribution is -2.39. The number of carbonyl (C=O) groups is 2. The van der Waals surface area contributed by atoms with E-state index in [1.54, 1.807) is 12.1 Å². The zero-order valence-electron chi connectivity index (χ0n) is 7.82. The van der Waals surface area contributed by atoms with E-state index < -0.39 is 11.8 Å². The van der Waals surface area contributed by atoms with Crippen molar-refractivity contribution in [2.75, 3.05) is 6.54 Å². The minimum atomic E-state index is -0.819. The molecule has 0 bridgehead atoms. The number of hydrogen-bond acceptors (Lipinski definition) is 4. The maximum Gasteiger partial charge on any atom is 0.310 e. The van der Waals surface area contributed by atoms with Gasteiger partial charge >= 0.3 is 11.8 Å². The number of rotatable bonds is 3. The fourth-order valence-corrected chi connectivity index (χ4v) is 0.856. The zero-order valence-corrected chi connectivity index (χ0v) is 7.82. The van der Waals surface area contributed by atoms with Crippen LogP contribution in [0.15, 0.2) is 23.0 Å². The van der Waals surface area contributed by atoms with Gasteiger partial charge < -0.3 is 15.1 Å². The molecule has 0 aliphatic heterocycles. The standard InChI is InChI=1S/C9H9N3O3/c10-2-3-11-8(13)9(14)12-5-7-1-4-15-6-7/h1,4,6H,3,5H2,(H,11,13)(H,12,14). The number of amides is 2. The van der Waals surface area contributed by atoms with E-state index in [-0.39, 0.29) is 13.1 Å². The highest BCUT2D eigenvalue weighted by atomic mass is 16.3. The average Bonchev–Trinajstić information content (AvgIpc) is 2.75. The van der Waals surface area contributed by atoms with E-state index in [0.717, 1.165) is 5.56 Å². The second kappa shape index (κ2) is 5.44. The first-order valence-electron chi connectivity index (χ1n) is 4.18. The Balaban J connectivity index is 2.30. The first-order valence-corrected chi connectivity index (χ1v) is 4.18. The van der Waals surface area contributed by atoms with Crippen molar-refractivity contribution in [1.29, 1.82) is 5.26 Å². The molecule has 0 aliphatic rings. The van der Waals surface area contributed by atoms with Crippen molar-refractivity contribution in [3.8, 4) is 6.07 Å². The largest absolute Gasteiger partial charge is 0.472 e. The zero-order chi connectivity index (χ0) is 11.1. The smallest absolute Gasteiger partial charge is 0.310 e. The molecule has 0 atom stereocenters. The number of hydrogen-bond donors (Lipinski definition) is 2. The Morgan fingerprint density at radius 3 is 2.73 bits per heavy atom. The molecule has 0 aromatic carbocycles. The monoisotopic (exact) mass is 207 g/mol. The maximum atomic E-state index is 11.1. The van der Waals surface area contributed by atoms with Crippen LogP contribution in [-0.2, 0) is 16.1 Å². The van der Waals surface area contributed by atoms with E-state index in [9.17, 15) is 9.59 Å². The molecule has 15 heavy (non-hydrogen) atoms. The van der Waals surface area contributed by atoms with E-state index in [1.807, 2.05) is 0 Å². The molecule has 0 saturated heterocycles. The predicted octanol–water partition coefficient (Wildman–Crippen LogP) is -0.464. The van der Waals surface area contributed by atoms with E-state index in [2.05, 4.69) is 10.6 Å². The van der Waals surface area contributed by atoms with Crippen molar-refractivity contribution in [3.63, 3.8) is 0 Å². The first-order chi connectivity index (χ1) is 7.24. The molecule has 0 unspecified atom stereocenters. The number of nitrogens with zero attached hydrogens (tertiary/aromatic N) is 1. The lowest BCUT2D eigenvalue weighted by atomic mass is 10.3. The SMILES string of the molecule is N#CCNC(=O)C(=O)NCc1ccoc1. The molecule has 0 fully saturated rings. The lowest BCUT2D eigenvalue weighted by Gasteiger charge is -2.01. The maximum absolute atomic E-state index is 11.1. The highest BCUT2D eigenvalue weighted by Crippen LogP contribution is 1.97. The Labute approximate surface area is 85.9 Å². The van der Waals surface area contributed by atoms with Crippen LogP contribution < -0.4 is 10.6 Å². The normalized spacial score (nSPS) is 9.00. The van der Waals surface area contributed by atoms with Crippen molar-refractivity contribution in [1.82, 2.24) is 10.6 Å². The molecular formula is C9H9N3O3. The van der Waals surface area contributed by atoms with Crippen LogP contribution in [0.1, 0.15) is 5.56 Å². The van der Waals surface area contributed by atoms with Crippen LogP contribution in [0.2, 0.25) is 0 Å². The molecule has 1 heterocycles. The summed E-state index contributed by atoms with van der Waals surface area (Å²) in [6, 6.07) is 3.37. The minimum absolute atomic E-state index is 0.183. The second-order valence-electron chi connectivity index (χ2n) is 2.66. The molecule has 1 aromatic rings. The summed E-state index contributed by atoms with van der Waals surface area (Å²) in [6.45, 7) is 0.0350. The van der Waals surface area contributed by atoms with Crippen molar-refractivity contribution < 1.29 is 14.0 Å². The summed E-state index contributed by atoms with van der Waals surface area (Å²) in [5, 5.41) is 12.7. The molecule has 0 saturated carbocycles. The molecule has 1 aromatic heterocycles. The summed E-state index contributed by atoms with van der Waals surface area (Å²) in [7, 11) is 0. The van der Waals surface area contributed by atoms with Gasteiger partial charge in [-0.3, -0.25) is 9.59 Å². The Morgan fingerprint density at radius 2 is 2.13 bits per heavy atom. The van der Waals surface area contributed by atoms with Crippen LogP contribution >= 0.6 is 0 Å². The Kier molecular flexibility index (Phi) is 3.91. The summed E-state index contributed by atoms with van der Waals surface area (Å²) >= 11 is 0. The summed E-state index contributed by atoms with van der Waals surface area (Å²) in [4.78, 5) is 22.0. The predicted molar refractivity (Wildman–Crippen MR) is 49.2 cm³/mol. The van der Waals surface area contributed by atoms with E-state index in [0.29, 0.717) is 0 Å². The van der Waals surface area contributed by atoms with Gasteiger partial charge in [0, 0.05) is 12.1 Å². The van der Waals surface area contributed by atoms with E-state index in [1.165, 1.54) is 12.5 Å². The summed E-state index contributed by atoms with van der Waals surface area (Å²) < 4.78 is 4.78. The first kappa shape index (κ1) is 10.8. The van der Waals surface area contributed by atoms with Crippen LogP contribution in [-0.4, -0.2) is 18.4 Å². The highest BCUT2D eigenvalue weighted by molar-refractivity contribution is 6.35. The fourth-order valence-electron chi connectivity index (χ4n) is 0.856. The lowest BCUT2D eigenvalue weighted by molar-refractivity contribution is -0.139. The van der Waals surface area contributed by atoms with Gasteiger partial charge in [-0.1, -0.05) is 0 Å². The molecule has 78 valence electrons. The highest BCUT2D eigenvalue weighted by Gasteiger charge is 2.11. The van der Waals surface area contributed by atoms with Crippen molar-refractivity contribution in [3.05, 3.63) is 24.2 Å². The van der Waals surface area contributed by atoms with Gasteiger partial charge in [0.25, 0.3) is 0 Å². The van der Waals surface area contributed by atoms with Gasteiger partial charge in [0.2, 0.25) is 0 Å². The molecule has 1 rings (SSSR count). The Bertz CT molecular complexity index is 378. The van der Waals surface area contributed by atoms with Gasteiger partial charge in [-0.25, -0.2) is 0 Å². The molecule has 6 nitrogen and oxygen atoms in total. The van der Waals surface area contributed by atoms with Gasteiger partial charge in [0.1, 0.15) is 6.54 Å². The third kappa shape index (κ3) is 3.52. The molecule has 2 N–H and O–H groups in total. The number of furan rings is 1. The van der Waals surface area contributed by atoms with Crippen LogP contribution in [0, 0.1) is 11.3 Å². The summed E-state index contributed by atoms with van der Waals surface area (Å²) in [6.07, 6.45) is 2.94. The Morgan fingerprint density at radius 1 is 1.40 bits per heavy atom. The number of carbonyl (C=O) groups excluding carboxylic acids is 2. The molecule has 0 spiro atoms. The van der Waals surface area contributed by atoms with Crippen LogP contribution in [0.25, 0.3) is 0 Å². The average molecular weight is 207 g/mol. The molecule has 2 amide bonds. The number of nitriles is 1. The summed E-state index contributed by atoms with van der Waals surface area (Å²) in [5.41, 5.74) is 0.761. The molecular weight excluding hydrogens is 198 g/mol. The second-order valence-corrected chi connectivity index (χ2v) is 2.66. The van der Waals surface area contributed by atoms with Gasteiger partial charge in [-0.15, -0.1) is 0 Å². The van der Waals surface area contributed by atoms with Crippen LogP contribution in [0.5, 0.6) is 0 Å². The summed E-state index contributed by atoms with van der Waals surface area (Å²) in [5.74, 6) is -1.59. The van der Waals surface area contributed by atoms with E-state index >= 15 is 0 Å². The van der Waals surface area contributed by atoms with Gasteiger partial charge in [-0.05, 0) is 6.07 Å². The van der Waals surface area contributed by atoms with Crippen molar-refractivity contribution >= 4 is 11.8 Å². The molecule has 6 heteroatoms. The van der Waals surface area contributed by atoms with E-state index in [4.69, 9.17) is 9.68 Å². The van der Waals surface area contributed by atoms with Crippen LogP contribution in [0.4, 0.5) is 0 Å². The van der Waals surface area contributed by atoms with Crippen molar-refractivity contribution in [2.45, 2.75) is 6.54 Å². The Hall–Kier alpha value is -2.29. The van der Waals surface area contributed by atoms with Gasteiger partial charge in [-0.2, -0.15) is 5.26 Å². The van der Waals surface area contributed by atoms with Gasteiger partial charge in [0.15, 0.2) is 0 Å². The third-order valence-electron chi connectivity index (χ3n) is 1.57. The topological polar surface area (TPSA) is 95.1 Å².